The maximum Gasteiger partial charge on any atom is 0.122 e. The summed E-state index contributed by atoms with van der Waals surface area (Å²) in [6.45, 7) is 4.96. The van der Waals surface area contributed by atoms with Crippen molar-refractivity contribution in [2.75, 3.05) is 13.2 Å². The molecule has 2 fully saturated rings. The minimum Gasteiger partial charge on any atom is -0.384 e. The average Bonchev–Trinajstić information content (AvgIpc) is 2.90. The second-order valence-corrected chi connectivity index (χ2v) is 5.93. The van der Waals surface area contributed by atoms with Crippen molar-refractivity contribution in [1.29, 1.82) is 5.41 Å². The highest BCUT2D eigenvalue weighted by Crippen LogP contribution is 2.31. The number of amidine groups is 1. The number of nitrogens with zero attached hydrogens (tertiary/aromatic N) is 1. The maximum absolute atomic E-state index is 7.50. The highest BCUT2D eigenvalue weighted by molar-refractivity contribution is 5.95. The topological polar surface area (TPSA) is 62.3 Å². The normalized spacial score (nSPS) is 26.4. The monoisotopic (exact) mass is 273 g/mol. The van der Waals surface area contributed by atoms with E-state index >= 15 is 0 Å². The van der Waals surface area contributed by atoms with Gasteiger partial charge in [0.2, 0.25) is 0 Å². The molecule has 2 aliphatic rings. The summed E-state index contributed by atoms with van der Waals surface area (Å²) in [7, 11) is 0. The van der Waals surface area contributed by atoms with Gasteiger partial charge in [0.25, 0.3) is 0 Å². The third-order valence-corrected chi connectivity index (χ3v) is 4.62. The molecule has 1 aromatic carbocycles. The Labute approximate surface area is 120 Å². The molecule has 20 heavy (non-hydrogen) atoms. The fourth-order valence-electron chi connectivity index (χ4n) is 3.46. The van der Waals surface area contributed by atoms with E-state index in [-0.39, 0.29) is 5.84 Å². The van der Waals surface area contributed by atoms with E-state index in [0.717, 1.165) is 25.3 Å². The van der Waals surface area contributed by atoms with E-state index in [0.29, 0.717) is 12.1 Å². The van der Waals surface area contributed by atoms with Crippen LogP contribution in [-0.4, -0.2) is 36.0 Å². The van der Waals surface area contributed by atoms with Gasteiger partial charge in [0, 0.05) is 24.7 Å². The largest absolute Gasteiger partial charge is 0.384 e. The van der Waals surface area contributed by atoms with Crippen LogP contribution in [0.4, 0.5) is 0 Å². The number of hydrogen-bond donors (Lipinski definition) is 2. The zero-order valence-electron chi connectivity index (χ0n) is 12.1. The van der Waals surface area contributed by atoms with Gasteiger partial charge in [0.1, 0.15) is 5.84 Å². The average molecular weight is 273 g/mol. The number of aryl methyl sites for hydroxylation is 1. The van der Waals surface area contributed by atoms with Crippen molar-refractivity contribution >= 4 is 5.84 Å². The second kappa shape index (κ2) is 5.54. The Morgan fingerprint density at radius 2 is 2.30 bits per heavy atom. The van der Waals surface area contributed by atoms with Crippen LogP contribution >= 0.6 is 0 Å². The summed E-state index contributed by atoms with van der Waals surface area (Å²) in [6, 6.07) is 6.68. The van der Waals surface area contributed by atoms with Crippen LogP contribution in [0.15, 0.2) is 18.2 Å². The van der Waals surface area contributed by atoms with Gasteiger partial charge in [0.05, 0.1) is 12.7 Å². The lowest BCUT2D eigenvalue weighted by atomic mass is 10.0. The lowest BCUT2D eigenvalue weighted by Crippen LogP contribution is -2.47. The maximum atomic E-state index is 7.50. The van der Waals surface area contributed by atoms with Crippen LogP contribution in [0.1, 0.15) is 36.0 Å². The van der Waals surface area contributed by atoms with E-state index in [1.807, 2.05) is 12.1 Å². The summed E-state index contributed by atoms with van der Waals surface area (Å²) < 4.78 is 5.86. The fourth-order valence-corrected chi connectivity index (χ4v) is 3.46. The molecule has 0 bridgehead atoms. The minimum atomic E-state index is 0.141. The minimum absolute atomic E-state index is 0.141. The van der Waals surface area contributed by atoms with E-state index < -0.39 is 0 Å². The van der Waals surface area contributed by atoms with Gasteiger partial charge in [-0.15, -0.1) is 0 Å². The van der Waals surface area contributed by atoms with E-state index in [2.05, 4.69) is 17.9 Å². The van der Waals surface area contributed by atoms with Crippen LogP contribution in [0.3, 0.4) is 0 Å². The summed E-state index contributed by atoms with van der Waals surface area (Å²) in [5.74, 6) is 0.141. The summed E-state index contributed by atoms with van der Waals surface area (Å²) in [5.41, 5.74) is 8.91. The first-order valence-electron chi connectivity index (χ1n) is 7.45. The molecule has 1 aliphatic heterocycles. The van der Waals surface area contributed by atoms with Crippen LogP contribution in [0.5, 0.6) is 0 Å². The summed E-state index contributed by atoms with van der Waals surface area (Å²) in [4.78, 5) is 2.57. The summed E-state index contributed by atoms with van der Waals surface area (Å²) in [6.07, 6.45) is 4.20. The van der Waals surface area contributed by atoms with Crippen molar-refractivity contribution in [2.45, 2.75) is 44.9 Å². The van der Waals surface area contributed by atoms with E-state index in [9.17, 15) is 0 Å². The Kier molecular flexibility index (Phi) is 3.76. The van der Waals surface area contributed by atoms with Crippen LogP contribution < -0.4 is 5.73 Å². The third kappa shape index (κ3) is 2.58. The standard InChI is InChI=1S/C16H23N3O/c1-11-9-12(16(17)18)5-6-13(11)10-19-7-8-20-15-4-2-3-14(15)19/h5-6,9,14-15H,2-4,7-8,10H2,1H3,(H3,17,18). The predicted molar refractivity (Wildman–Crippen MR) is 80.0 cm³/mol. The molecule has 1 aliphatic carbocycles. The molecule has 0 aromatic heterocycles. The van der Waals surface area contributed by atoms with E-state index in [1.54, 1.807) is 0 Å². The zero-order valence-corrected chi connectivity index (χ0v) is 12.1. The van der Waals surface area contributed by atoms with Crippen LogP contribution in [0, 0.1) is 12.3 Å². The van der Waals surface area contributed by atoms with Crippen LogP contribution in [-0.2, 0) is 11.3 Å². The number of fused-ring (bicyclic) bond motifs is 1. The lowest BCUT2D eigenvalue weighted by molar-refractivity contribution is -0.0588. The molecule has 1 saturated heterocycles. The SMILES string of the molecule is Cc1cc(C(=N)N)ccc1CN1CCOC2CCCC21. The molecule has 4 heteroatoms. The zero-order chi connectivity index (χ0) is 14.1. The second-order valence-electron chi connectivity index (χ2n) is 5.93. The Morgan fingerprint density at radius 3 is 3.05 bits per heavy atom. The molecule has 0 amide bonds. The van der Waals surface area contributed by atoms with Gasteiger partial charge in [-0.25, -0.2) is 0 Å². The van der Waals surface area contributed by atoms with Crippen molar-refractivity contribution in [3.8, 4) is 0 Å². The molecule has 0 spiro atoms. The number of rotatable bonds is 3. The molecule has 2 unspecified atom stereocenters. The first-order chi connectivity index (χ1) is 9.65. The lowest BCUT2D eigenvalue weighted by Gasteiger charge is -2.38. The summed E-state index contributed by atoms with van der Waals surface area (Å²) in [5, 5.41) is 7.50. The first kappa shape index (κ1) is 13.6. The smallest absolute Gasteiger partial charge is 0.122 e. The molecule has 108 valence electrons. The number of nitrogens with one attached hydrogen (secondary N) is 1. The van der Waals surface area contributed by atoms with Gasteiger partial charge in [-0.1, -0.05) is 12.1 Å². The Balaban J connectivity index is 1.75. The molecule has 0 radical (unpaired) electrons. The molecule has 2 atom stereocenters. The molecular formula is C16H23N3O. The molecule has 4 nitrogen and oxygen atoms in total. The molecule has 1 aromatic rings. The number of nitrogen functional groups attached to an aromatic ring is 1. The van der Waals surface area contributed by atoms with Crippen molar-refractivity contribution in [2.24, 2.45) is 5.73 Å². The molecule has 3 rings (SSSR count). The Morgan fingerprint density at radius 1 is 1.45 bits per heavy atom. The third-order valence-electron chi connectivity index (χ3n) is 4.62. The Bertz CT molecular complexity index is 514. The Hall–Kier alpha value is -1.39. The molecule has 1 saturated carbocycles. The van der Waals surface area contributed by atoms with Crippen LogP contribution in [0.25, 0.3) is 0 Å². The fraction of sp³-hybridized carbons (Fsp3) is 0.562. The number of ether oxygens (including phenoxy) is 1. The first-order valence-corrected chi connectivity index (χ1v) is 7.45. The van der Waals surface area contributed by atoms with Gasteiger partial charge < -0.3 is 10.5 Å². The van der Waals surface area contributed by atoms with Gasteiger partial charge in [-0.3, -0.25) is 10.3 Å². The highest BCUT2D eigenvalue weighted by atomic mass is 16.5. The molecule has 1 heterocycles. The quantitative estimate of drug-likeness (QED) is 0.654. The van der Waals surface area contributed by atoms with Crippen molar-refractivity contribution < 1.29 is 4.74 Å². The number of morpholine rings is 1. The van der Waals surface area contributed by atoms with E-state index in [4.69, 9.17) is 15.9 Å². The highest BCUT2D eigenvalue weighted by Gasteiger charge is 2.35. The summed E-state index contributed by atoms with van der Waals surface area (Å²) >= 11 is 0. The predicted octanol–water partition coefficient (Wildman–Crippen LogP) is 2.03. The van der Waals surface area contributed by atoms with Gasteiger partial charge >= 0.3 is 0 Å². The molecular weight excluding hydrogens is 250 g/mol. The van der Waals surface area contributed by atoms with Gasteiger partial charge in [0.15, 0.2) is 0 Å². The van der Waals surface area contributed by atoms with Gasteiger partial charge in [-0.05, 0) is 43.4 Å². The number of benzene rings is 1. The van der Waals surface area contributed by atoms with Crippen molar-refractivity contribution in [3.63, 3.8) is 0 Å². The number of hydrogen-bond acceptors (Lipinski definition) is 3. The van der Waals surface area contributed by atoms with Crippen molar-refractivity contribution in [3.05, 3.63) is 34.9 Å². The van der Waals surface area contributed by atoms with Crippen molar-refractivity contribution in [1.82, 2.24) is 4.90 Å². The van der Waals surface area contributed by atoms with E-state index in [1.165, 1.54) is 30.4 Å². The van der Waals surface area contributed by atoms with Gasteiger partial charge in [-0.2, -0.15) is 0 Å². The number of nitrogens with two attached hydrogens (primary N) is 1. The van der Waals surface area contributed by atoms with Crippen LogP contribution in [0.2, 0.25) is 0 Å². The molecule has 3 N–H and O–H groups in total.